The third-order valence-corrected chi connectivity index (χ3v) is 8.48. The molecule has 0 bridgehead atoms. The molecule has 0 atom stereocenters. The van der Waals surface area contributed by atoms with Crippen LogP contribution in [0.15, 0.2) is 121 Å². The van der Waals surface area contributed by atoms with Crippen molar-refractivity contribution in [2.75, 3.05) is 0 Å². The first kappa shape index (κ1) is 20.6. The van der Waals surface area contributed by atoms with Crippen molar-refractivity contribution in [3.05, 3.63) is 121 Å². The summed E-state index contributed by atoms with van der Waals surface area (Å²) in [5.74, 6) is 0.753. The van der Waals surface area contributed by atoms with Crippen molar-refractivity contribution >= 4 is 64.0 Å². The molecule has 0 unspecified atom stereocenters. The van der Waals surface area contributed by atoms with E-state index in [-0.39, 0.29) is 0 Å². The summed E-state index contributed by atoms with van der Waals surface area (Å²) in [6.45, 7) is 0. The lowest BCUT2D eigenvalue weighted by Crippen LogP contribution is -1.96. The van der Waals surface area contributed by atoms with E-state index in [0.29, 0.717) is 0 Å². The van der Waals surface area contributed by atoms with Crippen LogP contribution >= 0.6 is 11.3 Å². The number of aromatic nitrogens is 2. The van der Waals surface area contributed by atoms with Crippen molar-refractivity contribution in [1.29, 1.82) is 0 Å². The van der Waals surface area contributed by atoms with E-state index in [1.165, 1.54) is 36.3 Å². The molecule has 37 heavy (non-hydrogen) atoms. The Morgan fingerprint density at radius 1 is 0.459 bits per heavy atom. The second-order valence-electron chi connectivity index (χ2n) is 9.42. The smallest absolute Gasteiger partial charge is 0.160 e. The zero-order valence-electron chi connectivity index (χ0n) is 19.8. The molecule has 6 aromatic carbocycles. The fourth-order valence-electron chi connectivity index (χ4n) is 5.45. The van der Waals surface area contributed by atoms with Gasteiger partial charge < -0.3 is 0 Å². The monoisotopic (exact) mass is 488 g/mol. The van der Waals surface area contributed by atoms with Gasteiger partial charge in [0.15, 0.2) is 5.82 Å². The Hall–Kier alpha value is -4.60. The number of hydrogen-bond donors (Lipinski definition) is 0. The van der Waals surface area contributed by atoms with E-state index in [1.54, 1.807) is 0 Å². The maximum absolute atomic E-state index is 5.18. The summed E-state index contributed by atoms with van der Waals surface area (Å²) in [4.78, 5) is 10.4. The normalized spacial score (nSPS) is 11.8. The van der Waals surface area contributed by atoms with E-state index in [4.69, 9.17) is 9.97 Å². The maximum atomic E-state index is 5.18. The van der Waals surface area contributed by atoms with Crippen LogP contribution in [0.3, 0.4) is 0 Å². The molecule has 0 N–H and O–H groups in total. The standard InChI is InChI=1S/C34H20N2S/c1-2-9-23(10-3-1)31-28-19-17-21-8-4-5-11-25(21)32(28)36-34(35-31)24-15-14-22-16-18-27-26-12-6-7-13-30(26)37-33(27)29(22)20-24/h1-20H. The Morgan fingerprint density at radius 3 is 2.05 bits per heavy atom. The van der Waals surface area contributed by atoms with Gasteiger partial charge in [0, 0.05) is 47.5 Å². The van der Waals surface area contributed by atoms with Crippen LogP contribution in [0, 0.1) is 0 Å². The molecular weight excluding hydrogens is 468 g/mol. The van der Waals surface area contributed by atoms with Crippen LogP contribution in [0.5, 0.6) is 0 Å². The minimum absolute atomic E-state index is 0.753. The van der Waals surface area contributed by atoms with Gasteiger partial charge in [-0.2, -0.15) is 0 Å². The third kappa shape index (κ3) is 3.18. The second-order valence-corrected chi connectivity index (χ2v) is 10.5. The number of hydrogen-bond acceptors (Lipinski definition) is 3. The number of benzene rings is 6. The predicted molar refractivity (Wildman–Crippen MR) is 158 cm³/mol. The summed E-state index contributed by atoms with van der Waals surface area (Å²) < 4.78 is 2.63. The highest BCUT2D eigenvalue weighted by atomic mass is 32.1. The van der Waals surface area contributed by atoms with Crippen molar-refractivity contribution in [3.8, 4) is 22.6 Å². The number of thiophene rings is 1. The number of fused-ring (bicyclic) bond motifs is 8. The molecule has 2 aromatic heterocycles. The topological polar surface area (TPSA) is 25.8 Å². The molecule has 0 saturated heterocycles. The Bertz CT molecular complexity index is 2140. The fraction of sp³-hybridized carbons (Fsp3) is 0. The van der Waals surface area contributed by atoms with Crippen molar-refractivity contribution in [2.24, 2.45) is 0 Å². The predicted octanol–water partition coefficient (Wildman–Crippen LogP) is 9.64. The van der Waals surface area contributed by atoms with E-state index in [2.05, 4.69) is 115 Å². The van der Waals surface area contributed by atoms with Gasteiger partial charge in [-0.25, -0.2) is 9.97 Å². The van der Waals surface area contributed by atoms with Gasteiger partial charge in [-0.3, -0.25) is 0 Å². The molecule has 0 aliphatic carbocycles. The van der Waals surface area contributed by atoms with E-state index < -0.39 is 0 Å². The molecule has 2 heterocycles. The van der Waals surface area contributed by atoms with Gasteiger partial charge in [0.1, 0.15) is 0 Å². The summed E-state index contributed by atoms with van der Waals surface area (Å²) in [5.41, 5.74) is 4.08. The van der Waals surface area contributed by atoms with Crippen LogP contribution in [-0.4, -0.2) is 9.97 Å². The van der Waals surface area contributed by atoms with Crippen LogP contribution in [0.4, 0.5) is 0 Å². The SMILES string of the molecule is c1ccc(-c2nc(-c3ccc4ccc5c6ccccc6sc5c4c3)nc3c2ccc2ccccc23)cc1. The van der Waals surface area contributed by atoms with E-state index >= 15 is 0 Å². The summed E-state index contributed by atoms with van der Waals surface area (Å²) in [7, 11) is 0. The lowest BCUT2D eigenvalue weighted by Gasteiger charge is -2.12. The molecule has 0 aliphatic rings. The van der Waals surface area contributed by atoms with Gasteiger partial charge in [0.05, 0.1) is 11.2 Å². The Morgan fingerprint density at radius 2 is 1.16 bits per heavy atom. The largest absolute Gasteiger partial charge is 0.227 e. The molecular formula is C34H20N2S. The van der Waals surface area contributed by atoms with Gasteiger partial charge >= 0.3 is 0 Å². The van der Waals surface area contributed by atoms with Gasteiger partial charge in [-0.15, -0.1) is 11.3 Å². The molecule has 8 aromatic rings. The molecule has 3 heteroatoms. The quantitative estimate of drug-likeness (QED) is 0.226. The zero-order chi connectivity index (χ0) is 24.3. The average molecular weight is 489 g/mol. The lowest BCUT2D eigenvalue weighted by molar-refractivity contribution is 1.24. The van der Waals surface area contributed by atoms with Crippen molar-refractivity contribution in [1.82, 2.24) is 9.97 Å². The average Bonchev–Trinajstić information content (AvgIpc) is 3.36. The van der Waals surface area contributed by atoms with Crippen molar-refractivity contribution < 1.29 is 0 Å². The first-order chi connectivity index (χ1) is 18.3. The summed E-state index contributed by atoms with van der Waals surface area (Å²) in [6, 6.07) is 43.0. The maximum Gasteiger partial charge on any atom is 0.160 e. The van der Waals surface area contributed by atoms with Gasteiger partial charge in [-0.1, -0.05) is 103 Å². The first-order valence-corrected chi connectivity index (χ1v) is 13.2. The van der Waals surface area contributed by atoms with Crippen LogP contribution in [0.2, 0.25) is 0 Å². The van der Waals surface area contributed by atoms with Gasteiger partial charge in [-0.05, 0) is 29.0 Å². The van der Waals surface area contributed by atoms with E-state index in [0.717, 1.165) is 38.9 Å². The number of rotatable bonds is 2. The highest BCUT2D eigenvalue weighted by Gasteiger charge is 2.15. The molecule has 0 amide bonds. The summed E-state index contributed by atoms with van der Waals surface area (Å²) in [5, 5.41) is 8.51. The highest BCUT2D eigenvalue weighted by Crippen LogP contribution is 2.40. The lowest BCUT2D eigenvalue weighted by atomic mass is 10.0. The van der Waals surface area contributed by atoms with Crippen LogP contribution in [0.1, 0.15) is 0 Å². The molecule has 2 nitrogen and oxygen atoms in total. The molecule has 172 valence electrons. The van der Waals surface area contributed by atoms with Crippen LogP contribution in [-0.2, 0) is 0 Å². The van der Waals surface area contributed by atoms with Gasteiger partial charge in [0.25, 0.3) is 0 Å². The van der Waals surface area contributed by atoms with Crippen molar-refractivity contribution in [3.63, 3.8) is 0 Å². The van der Waals surface area contributed by atoms with Gasteiger partial charge in [0.2, 0.25) is 0 Å². The Kier molecular flexibility index (Phi) is 4.42. The summed E-state index contributed by atoms with van der Waals surface area (Å²) in [6.07, 6.45) is 0. The van der Waals surface area contributed by atoms with Crippen LogP contribution < -0.4 is 0 Å². The minimum atomic E-state index is 0.753. The van der Waals surface area contributed by atoms with E-state index in [9.17, 15) is 0 Å². The van der Waals surface area contributed by atoms with Crippen molar-refractivity contribution in [2.45, 2.75) is 0 Å². The zero-order valence-corrected chi connectivity index (χ0v) is 20.7. The molecule has 0 radical (unpaired) electrons. The van der Waals surface area contributed by atoms with Crippen LogP contribution in [0.25, 0.3) is 75.3 Å². The highest BCUT2D eigenvalue weighted by molar-refractivity contribution is 7.26. The third-order valence-electron chi connectivity index (χ3n) is 7.26. The molecule has 0 spiro atoms. The minimum Gasteiger partial charge on any atom is -0.227 e. The first-order valence-electron chi connectivity index (χ1n) is 12.4. The second kappa shape index (κ2) is 7.95. The fourth-order valence-corrected chi connectivity index (χ4v) is 6.68. The molecule has 0 aliphatic heterocycles. The Labute approximate surface area is 217 Å². The Balaban J connectivity index is 1.45. The summed E-state index contributed by atoms with van der Waals surface area (Å²) >= 11 is 1.86. The molecule has 8 rings (SSSR count). The molecule has 0 saturated carbocycles. The molecule has 0 fully saturated rings. The number of nitrogens with zero attached hydrogens (tertiary/aromatic N) is 2. The van der Waals surface area contributed by atoms with E-state index in [1.807, 2.05) is 17.4 Å².